The molecular weight excluding hydrogens is 240 g/mol. The number of amides is 1. The van der Waals surface area contributed by atoms with Crippen LogP contribution in [0.4, 0.5) is 0 Å². The molecule has 3 unspecified atom stereocenters. The van der Waals surface area contributed by atoms with Gasteiger partial charge in [-0.2, -0.15) is 0 Å². The minimum Gasteiger partial charge on any atom is -0.492 e. The largest absolute Gasteiger partial charge is 0.492 e. The van der Waals surface area contributed by atoms with Crippen molar-refractivity contribution in [2.75, 3.05) is 19.7 Å². The van der Waals surface area contributed by atoms with Crippen molar-refractivity contribution in [3.63, 3.8) is 0 Å². The van der Waals surface area contributed by atoms with Crippen LogP contribution in [0.15, 0.2) is 24.3 Å². The highest BCUT2D eigenvalue weighted by Gasteiger charge is 2.32. The summed E-state index contributed by atoms with van der Waals surface area (Å²) in [6, 6.07) is 8.01. The van der Waals surface area contributed by atoms with Gasteiger partial charge in [-0.3, -0.25) is 4.79 Å². The highest BCUT2D eigenvalue weighted by Crippen LogP contribution is 2.33. The van der Waals surface area contributed by atoms with Crippen LogP contribution in [0.1, 0.15) is 24.8 Å². The molecule has 19 heavy (non-hydrogen) atoms. The molecule has 3 rings (SSSR count). The number of ether oxygens (including phenoxy) is 1. The van der Waals surface area contributed by atoms with Crippen molar-refractivity contribution in [1.82, 2.24) is 10.6 Å². The van der Waals surface area contributed by atoms with Gasteiger partial charge >= 0.3 is 0 Å². The van der Waals surface area contributed by atoms with E-state index in [-0.39, 0.29) is 17.9 Å². The number of fused-ring (bicyclic) bond motifs is 1. The molecule has 1 aromatic carbocycles. The van der Waals surface area contributed by atoms with E-state index in [1.807, 2.05) is 24.3 Å². The lowest BCUT2D eigenvalue weighted by Gasteiger charge is -2.21. The lowest BCUT2D eigenvalue weighted by Crippen LogP contribution is -2.41. The molecule has 0 spiro atoms. The van der Waals surface area contributed by atoms with Crippen molar-refractivity contribution in [3.8, 4) is 5.75 Å². The third-order valence-electron chi connectivity index (χ3n) is 4.19. The first kappa shape index (κ1) is 12.5. The molecule has 0 radical (unpaired) electrons. The van der Waals surface area contributed by atoms with E-state index in [9.17, 15) is 4.79 Å². The van der Waals surface area contributed by atoms with E-state index >= 15 is 0 Å². The summed E-state index contributed by atoms with van der Waals surface area (Å²) < 4.78 is 5.57. The van der Waals surface area contributed by atoms with E-state index in [0.29, 0.717) is 12.5 Å². The predicted octanol–water partition coefficient (Wildman–Crippen LogP) is 1.28. The van der Waals surface area contributed by atoms with Crippen LogP contribution in [-0.2, 0) is 4.79 Å². The van der Waals surface area contributed by atoms with Crippen molar-refractivity contribution < 1.29 is 9.53 Å². The summed E-state index contributed by atoms with van der Waals surface area (Å²) in [7, 11) is 0. The van der Waals surface area contributed by atoms with Crippen LogP contribution in [0.2, 0.25) is 0 Å². The zero-order valence-electron chi connectivity index (χ0n) is 11.2. The number of rotatable bonds is 3. The van der Waals surface area contributed by atoms with E-state index in [0.717, 1.165) is 30.8 Å². The molecule has 102 valence electrons. The zero-order valence-corrected chi connectivity index (χ0v) is 11.2. The van der Waals surface area contributed by atoms with Crippen molar-refractivity contribution in [2.24, 2.45) is 5.92 Å². The molecule has 4 nitrogen and oxygen atoms in total. The summed E-state index contributed by atoms with van der Waals surface area (Å²) in [6.07, 6.45) is 1.14. The number of hydrogen-bond donors (Lipinski definition) is 2. The summed E-state index contributed by atoms with van der Waals surface area (Å²) in [5.74, 6) is 1.32. The van der Waals surface area contributed by atoms with Crippen LogP contribution in [0.25, 0.3) is 0 Å². The van der Waals surface area contributed by atoms with Gasteiger partial charge in [-0.1, -0.05) is 18.2 Å². The third-order valence-corrected chi connectivity index (χ3v) is 4.19. The Bertz CT molecular complexity index is 469. The normalized spacial score (nSPS) is 26.6. The predicted molar refractivity (Wildman–Crippen MR) is 73.3 cm³/mol. The second-order valence-electron chi connectivity index (χ2n) is 5.45. The SMILES string of the molecule is CC(NC(=O)C1COc2ccccc21)C1CCNC1. The number of carbonyl (C=O) groups excluding carboxylic acids is 1. The van der Waals surface area contributed by atoms with E-state index in [4.69, 9.17) is 4.74 Å². The van der Waals surface area contributed by atoms with E-state index in [1.54, 1.807) is 0 Å². The van der Waals surface area contributed by atoms with Crippen LogP contribution >= 0.6 is 0 Å². The molecule has 2 aliphatic rings. The third kappa shape index (κ3) is 2.45. The molecule has 1 aromatic rings. The van der Waals surface area contributed by atoms with Crippen molar-refractivity contribution in [1.29, 1.82) is 0 Å². The fraction of sp³-hybridized carbons (Fsp3) is 0.533. The Labute approximate surface area is 113 Å². The Balaban J connectivity index is 1.65. The molecule has 1 saturated heterocycles. The fourth-order valence-electron chi connectivity index (χ4n) is 2.93. The van der Waals surface area contributed by atoms with Crippen molar-refractivity contribution in [2.45, 2.75) is 25.3 Å². The van der Waals surface area contributed by atoms with Crippen LogP contribution in [0, 0.1) is 5.92 Å². The molecule has 3 atom stereocenters. The molecule has 4 heteroatoms. The monoisotopic (exact) mass is 260 g/mol. The van der Waals surface area contributed by atoms with Gasteiger partial charge in [-0.05, 0) is 38.4 Å². The molecule has 1 amide bonds. The number of para-hydroxylation sites is 1. The lowest BCUT2D eigenvalue weighted by atomic mass is 9.97. The van der Waals surface area contributed by atoms with Crippen LogP contribution < -0.4 is 15.4 Å². The lowest BCUT2D eigenvalue weighted by molar-refractivity contribution is -0.123. The Hall–Kier alpha value is -1.55. The van der Waals surface area contributed by atoms with Gasteiger partial charge in [0.25, 0.3) is 0 Å². The minimum absolute atomic E-state index is 0.0874. The molecule has 2 heterocycles. The number of hydrogen-bond acceptors (Lipinski definition) is 3. The van der Waals surface area contributed by atoms with Crippen molar-refractivity contribution >= 4 is 5.91 Å². The average molecular weight is 260 g/mol. The molecule has 0 aromatic heterocycles. The van der Waals surface area contributed by atoms with Crippen molar-refractivity contribution in [3.05, 3.63) is 29.8 Å². The first-order valence-electron chi connectivity index (χ1n) is 6.98. The maximum absolute atomic E-state index is 12.4. The van der Waals surface area contributed by atoms with E-state index in [2.05, 4.69) is 17.6 Å². The van der Waals surface area contributed by atoms with Gasteiger partial charge in [0, 0.05) is 11.6 Å². The average Bonchev–Trinajstić information content (AvgIpc) is 3.08. The van der Waals surface area contributed by atoms with Crippen LogP contribution in [-0.4, -0.2) is 31.6 Å². The number of nitrogens with one attached hydrogen (secondary N) is 2. The van der Waals surface area contributed by atoms with E-state index < -0.39 is 0 Å². The Morgan fingerprint density at radius 1 is 1.47 bits per heavy atom. The number of benzene rings is 1. The first-order valence-corrected chi connectivity index (χ1v) is 6.98. The molecule has 0 bridgehead atoms. The van der Waals surface area contributed by atoms with Crippen LogP contribution in [0.3, 0.4) is 0 Å². The maximum atomic E-state index is 12.4. The highest BCUT2D eigenvalue weighted by molar-refractivity contribution is 5.85. The molecule has 0 aliphatic carbocycles. The molecule has 2 N–H and O–H groups in total. The van der Waals surface area contributed by atoms with Gasteiger partial charge in [-0.15, -0.1) is 0 Å². The number of carbonyl (C=O) groups is 1. The van der Waals surface area contributed by atoms with Gasteiger partial charge < -0.3 is 15.4 Å². The van der Waals surface area contributed by atoms with Gasteiger partial charge in [0.2, 0.25) is 5.91 Å². The van der Waals surface area contributed by atoms with Gasteiger partial charge in [0.1, 0.15) is 18.3 Å². The summed E-state index contributed by atoms with van der Waals surface area (Å²) in [6.45, 7) is 4.61. The summed E-state index contributed by atoms with van der Waals surface area (Å²) >= 11 is 0. The smallest absolute Gasteiger partial charge is 0.231 e. The standard InChI is InChI=1S/C15H20N2O2/c1-10(11-6-7-16-8-11)17-15(18)13-9-19-14-5-3-2-4-12(13)14/h2-5,10-11,13,16H,6-9H2,1H3,(H,17,18). The second kappa shape index (κ2) is 5.21. The topological polar surface area (TPSA) is 50.4 Å². The minimum atomic E-state index is -0.159. The zero-order chi connectivity index (χ0) is 13.2. The molecule has 1 fully saturated rings. The molecule has 0 saturated carbocycles. The quantitative estimate of drug-likeness (QED) is 0.860. The van der Waals surface area contributed by atoms with E-state index in [1.165, 1.54) is 0 Å². The maximum Gasteiger partial charge on any atom is 0.231 e. The first-order chi connectivity index (χ1) is 9.25. The summed E-state index contributed by atoms with van der Waals surface area (Å²) in [5, 5.41) is 6.48. The van der Waals surface area contributed by atoms with Gasteiger partial charge in [0.05, 0.1) is 0 Å². The van der Waals surface area contributed by atoms with Gasteiger partial charge in [-0.25, -0.2) is 0 Å². The van der Waals surface area contributed by atoms with Crippen LogP contribution in [0.5, 0.6) is 5.75 Å². The summed E-state index contributed by atoms with van der Waals surface area (Å²) in [4.78, 5) is 12.4. The Morgan fingerprint density at radius 3 is 3.11 bits per heavy atom. The summed E-state index contributed by atoms with van der Waals surface area (Å²) in [5.41, 5.74) is 1.01. The molecular formula is C15H20N2O2. The molecule has 2 aliphatic heterocycles. The second-order valence-corrected chi connectivity index (χ2v) is 5.45. The fourth-order valence-corrected chi connectivity index (χ4v) is 2.93. The highest BCUT2D eigenvalue weighted by atomic mass is 16.5. The Kier molecular flexibility index (Phi) is 3.42. The van der Waals surface area contributed by atoms with Gasteiger partial charge in [0.15, 0.2) is 0 Å². The Morgan fingerprint density at radius 2 is 2.32 bits per heavy atom.